The van der Waals surface area contributed by atoms with Gasteiger partial charge in [-0.05, 0) is 52.7 Å². The van der Waals surface area contributed by atoms with Crippen LogP contribution in [0, 0.1) is 0 Å². The standard InChI is InChI=1S/C13H12BrClN2S/c1-8(16)9-4-5-12(10(14)7-9)18-13-11(15)3-2-6-17-13/h2-8H,16H2,1H3/t8-/m0/s1. The minimum Gasteiger partial charge on any atom is -0.324 e. The molecule has 2 rings (SSSR count). The molecule has 5 heteroatoms. The monoisotopic (exact) mass is 342 g/mol. The number of rotatable bonds is 3. The molecule has 0 bridgehead atoms. The largest absolute Gasteiger partial charge is 0.324 e. The fourth-order valence-electron chi connectivity index (χ4n) is 1.43. The molecule has 0 fully saturated rings. The Morgan fingerprint density at radius 1 is 1.39 bits per heavy atom. The van der Waals surface area contributed by atoms with Gasteiger partial charge in [0.15, 0.2) is 0 Å². The first kappa shape index (κ1) is 13.9. The Morgan fingerprint density at radius 2 is 2.17 bits per heavy atom. The quantitative estimate of drug-likeness (QED) is 0.880. The molecule has 2 N–H and O–H groups in total. The predicted octanol–water partition coefficient (Wildman–Crippen LogP) is 4.67. The molecule has 0 saturated carbocycles. The maximum absolute atomic E-state index is 6.09. The third-order valence-corrected chi connectivity index (χ3v) is 4.84. The van der Waals surface area contributed by atoms with Crippen LogP contribution in [0.2, 0.25) is 5.02 Å². The van der Waals surface area contributed by atoms with Gasteiger partial charge in [0.05, 0.1) is 5.02 Å². The molecule has 0 spiro atoms. The summed E-state index contributed by atoms with van der Waals surface area (Å²) >= 11 is 11.2. The fraction of sp³-hybridized carbons (Fsp3) is 0.154. The summed E-state index contributed by atoms with van der Waals surface area (Å²) in [5, 5.41) is 1.46. The summed E-state index contributed by atoms with van der Waals surface area (Å²) in [6.07, 6.45) is 1.73. The van der Waals surface area contributed by atoms with Crippen LogP contribution in [-0.2, 0) is 0 Å². The highest BCUT2D eigenvalue weighted by Crippen LogP contribution is 2.36. The number of pyridine rings is 1. The van der Waals surface area contributed by atoms with Gasteiger partial charge in [0.2, 0.25) is 0 Å². The Morgan fingerprint density at radius 3 is 2.78 bits per heavy atom. The SMILES string of the molecule is C[C@H](N)c1ccc(Sc2ncccc2Cl)c(Br)c1. The van der Waals surface area contributed by atoms with Crippen molar-refractivity contribution >= 4 is 39.3 Å². The number of hydrogen-bond acceptors (Lipinski definition) is 3. The van der Waals surface area contributed by atoms with Crippen molar-refractivity contribution in [2.24, 2.45) is 5.73 Å². The maximum Gasteiger partial charge on any atom is 0.119 e. The summed E-state index contributed by atoms with van der Waals surface area (Å²) in [5.74, 6) is 0. The second kappa shape index (κ2) is 6.06. The molecule has 1 heterocycles. The molecule has 1 aromatic heterocycles. The van der Waals surface area contributed by atoms with Crippen LogP contribution in [0.25, 0.3) is 0 Å². The van der Waals surface area contributed by atoms with E-state index in [1.165, 1.54) is 11.8 Å². The third-order valence-electron chi connectivity index (χ3n) is 2.41. The highest BCUT2D eigenvalue weighted by molar-refractivity contribution is 9.10. The van der Waals surface area contributed by atoms with Crippen molar-refractivity contribution in [3.8, 4) is 0 Å². The van der Waals surface area contributed by atoms with Gasteiger partial charge in [-0.15, -0.1) is 0 Å². The lowest BCUT2D eigenvalue weighted by Gasteiger charge is -2.09. The molecule has 0 aliphatic carbocycles. The Hall–Kier alpha value is -0.550. The van der Waals surface area contributed by atoms with Gasteiger partial charge in [-0.2, -0.15) is 0 Å². The van der Waals surface area contributed by atoms with E-state index in [4.69, 9.17) is 17.3 Å². The lowest BCUT2D eigenvalue weighted by atomic mass is 10.1. The van der Waals surface area contributed by atoms with Gasteiger partial charge in [0.1, 0.15) is 5.03 Å². The summed E-state index contributed by atoms with van der Waals surface area (Å²) in [4.78, 5) is 5.33. The van der Waals surface area contributed by atoms with E-state index in [9.17, 15) is 0 Å². The maximum atomic E-state index is 6.09. The van der Waals surface area contributed by atoms with Crippen LogP contribution in [0.3, 0.4) is 0 Å². The Bertz CT molecular complexity index is 560. The van der Waals surface area contributed by atoms with Crippen molar-refractivity contribution in [1.29, 1.82) is 0 Å². The lowest BCUT2D eigenvalue weighted by molar-refractivity contribution is 0.815. The molecule has 0 aliphatic rings. The van der Waals surface area contributed by atoms with Crippen LogP contribution in [-0.4, -0.2) is 4.98 Å². The Balaban J connectivity index is 2.28. The molecule has 0 saturated heterocycles. The normalized spacial score (nSPS) is 12.4. The van der Waals surface area contributed by atoms with Crippen molar-refractivity contribution in [2.75, 3.05) is 0 Å². The van der Waals surface area contributed by atoms with E-state index in [2.05, 4.69) is 20.9 Å². The zero-order valence-electron chi connectivity index (χ0n) is 9.73. The van der Waals surface area contributed by atoms with E-state index < -0.39 is 0 Å². The minimum absolute atomic E-state index is 0.0267. The minimum atomic E-state index is 0.0267. The first-order chi connectivity index (χ1) is 8.58. The van der Waals surface area contributed by atoms with Gasteiger partial charge in [0, 0.05) is 21.6 Å². The number of hydrogen-bond donors (Lipinski definition) is 1. The average Bonchev–Trinajstić information content (AvgIpc) is 2.34. The van der Waals surface area contributed by atoms with Crippen molar-refractivity contribution in [3.63, 3.8) is 0 Å². The van der Waals surface area contributed by atoms with E-state index >= 15 is 0 Å². The van der Waals surface area contributed by atoms with Crippen molar-refractivity contribution in [1.82, 2.24) is 4.98 Å². The van der Waals surface area contributed by atoms with Gasteiger partial charge in [-0.3, -0.25) is 0 Å². The number of aromatic nitrogens is 1. The number of benzene rings is 1. The molecule has 2 aromatic rings. The van der Waals surface area contributed by atoms with E-state index in [0.29, 0.717) is 5.02 Å². The fourth-order valence-corrected chi connectivity index (χ4v) is 3.09. The van der Waals surface area contributed by atoms with Crippen molar-refractivity contribution in [3.05, 3.63) is 51.6 Å². The molecule has 18 heavy (non-hydrogen) atoms. The third kappa shape index (κ3) is 3.26. The predicted molar refractivity (Wildman–Crippen MR) is 80.1 cm³/mol. The van der Waals surface area contributed by atoms with Crippen LogP contribution in [0.15, 0.2) is 50.9 Å². The number of halogens is 2. The topological polar surface area (TPSA) is 38.9 Å². The summed E-state index contributed by atoms with van der Waals surface area (Å²) < 4.78 is 1.00. The molecule has 1 atom stereocenters. The highest BCUT2D eigenvalue weighted by Gasteiger charge is 2.08. The number of nitrogens with zero attached hydrogens (tertiary/aromatic N) is 1. The van der Waals surface area contributed by atoms with Gasteiger partial charge in [-0.1, -0.05) is 29.4 Å². The molecular formula is C13H12BrClN2S. The Kier molecular flexibility index (Phi) is 4.67. The van der Waals surface area contributed by atoms with E-state index in [-0.39, 0.29) is 6.04 Å². The molecule has 0 amide bonds. The smallest absolute Gasteiger partial charge is 0.119 e. The number of nitrogens with two attached hydrogens (primary N) is 1. The van der Waals surface area contributed by atoms with Gasteiger partial charge >= 0.3 is 0 Å². The van der Waals surface area contributed by atoms with E-state index in [0.717, 1.165) is 20.0 Å². The molecule has 0 aliphatic heterocycles. The van der Waals surface area contributed by atoms with Gasteiger partial charge in [0.25, 0.3) is 0 Å². The van der Waals surface area contributed by atoms with E-state index in [1.54, 1.807) is 6.20 Å². The molecule has 2 nitrogen and oxygen atoms in total. The van der Waals surface area contributed by atoms with Crippen molar-refractivity contribution in [2.45, 2.75) is 22.9 Å². The summed E-state index contributed by atoms with van der Waals surface area (Å²) in [6.45, 7) is 1.96. The van der Waals surface area contributed by atoms with E-state index in [1.807, 2.05) is 37.3 Å². The lowest BCUT2D eigenvalue weighted by Crippen LogP contribution is -2.04. The summed E-state index contributed by atoms with van der Waals surface area (Å²) in [7, 11) is 0. The second-order valence-corrected chi connectivity index (χ2v) is 6.16. The summed E-state index contributed by atoms with van der Waals surface area (Å²) in [5.41, 5.74) is 6.94. The first-order valence-electron chi connectivity index (χ1n) is 5.41. The molecule has 0 unspecified atom stereocenters. The van der Waals surface area contributed by atoms with Crippen LogP contribution >= 0.6 is 39.3 Å². The first-order valence-corrected chi connectivity index (χ1v) is 7.40. The summed E-state index contributed by atoms with van der Waals surface area (Å²) in [6, 6.07) is 9.76. The zero-order valence-corrected chi connectivity index (χ0v) is 12.9. The van der Waals surface area contributed by atoms with Gasteiger partial charge < -0.3 is 5.73 Å². The van der Waals surface area contributed by atoms with Crippen molar-refractivity contribution < 1.29 is 0 Å². The Labute approximate surface area is 124 Å². The van der Waals surface area contributed by atoms with Crippen LogP contribution in [0.1, 0.15) is 18.5 Å². The molecule has 94 valence electrons. The molecule has 0 radical (unpaired) electrons. The highest BCUT2D eigenvalue weighted by atomic mass is 79.9. The van der Waals surface area contributed by atoms with Crippen LogP contribution < -0.4 is 5.73 Å². The van der Waals surface area contributed by atoms with Crippen LogP contribution in [0.4, 0.5) is 0 Å². The zero-order chi connectivity index (χ0) is 13.1. The molecule has 1 aromatic carbocycles. The average molecular weight is 344 g/mol. The second-order valence-electron chi connectivity index (χ2n) is 3.87. The molecular weight excluding hydrogens is 332 g/mol. The van der Waals surface area contributed by atoms with Crippen LogP contribution in [0.5, 0.6) is 0 Å². The van der Waals surface area contributed by atoms with Gasteiger partial charge in [-0.25, -0.2) is 4.98 Å².